The summed E-state index contributed by atoms with van der Waals surface area (Å²) in [5.41, 5.74) is 1.08. The molecule has 0 saturated heterocycles. The predicted octanol–water partition coefficient (Wildman–Crippen LogP) is 3.95. The summed E-state index contributed by atoms with van der Waals surface area (Å²) in [5, 5.41) is 21.8. The summed E-state index contributed by atoms with van der Waals surface area (Å²) in [5.74, 6) is -2.73. The summed E-state index contributed by atoms with van der Waals surface area (Å²) in [6.45, 7) is 13.5. The fourth-order valence-corrected chi connectivity index (χ4v) is 3.82. The van der Waals surface area contributed by atoms with Crippen LogP contribution < -0.4 is 5.32 Å². The second-order valence-corrected chi connectivity index (χ2v) is 9.77. The zero-order valence-electron chi connectivity index (χ0n) is 21.9. The number of nitrogens with one attached hydrogen (secondary N) is 1. The summed E-state index contributed by atoms with van der Waals surface area (Å²) in [7, 11) is 0. The van der Waals surface area contributed by atoms with Gasteiger partial charge < -0.3 is 25.2 Å². The molecule has 0 bridgehead atoms. The molecule has 0 atom stereocenters. The molecule has 0 aliphatic heterocycles. The zero-order valence-corrected chi connectivity index (χ0v) is 21.9. The van der Waals surface area contributed by atoms with Crippen LogP contribution in [0.1, 0.15) is 71.4 Å². The Hall–Kier alpha value is -2.65. The van der Waals surface area contributed by atoms with Crippen LogP contribution >= 0.6 is 0 Å². The topological polar surface area (TPSA) is 119 Å². The van der Waals surface area contributed by atoms with Crippen LogP contribution in [0.2, 0.25) is 0 Å². The van der Waals surface area contributed by atoms with Crippen molar-refractivity contribution in [2.75, 3.05) is 26.2 Å². The number of unbranched alkanes of at least 4 members (excludes halogenated alkanes) is 1. The van der Waals surface area contributed by atoms with Gasteiger partial charge in [0.15, 0.2) is 0 Å². The van der Waals surface area contributed by atoms with Gasteiger partial charge in [-0.25, -0.2) is 14.4 Å². The number of ether oxygens (including phenoxy) is 1. The Bertz CT molecular complexity index is 771. The lowest BCUT2D eigenvalue weighted by atomic mass is 10.1. The number of alkyl carbamates (subject to hydrolysis) is 1. The van der Waals surface area contributed by atoms with Crippen molar-refractivity contribution in [3.63, 3.8) is 0 Å². The molecule has 0 saturated carbocycles. The van der Waals surface area contributed by atoms with E-state index in [1.165, 1.54) is 4.90 Å². The SMILES string of the molecule is CCCN(CCC)CCCCN(Cc1ccc(CNC(=O)OC(C)(C)C)cc1)C(C(=O)O)C(=O)O. The molecular weight excluding hydrogens is 450 g/mol. The lowest BCUT2D eigenvalue weighted by Crippen LogP contribution is -2.47. The zero-order chi connectivity index (χ0) is 26.4. The standard InChI is InChI=1S/C26H43N3O6/c1-6-14-28(15-7-2)16-8-9-17-29(22(23(30)31)24(32)33)19-21-12-10-20(11-13-21)18-27-25(34)35-26(3,4)5/h10-13,22H,6-9,14-19H2,1-5H3,(H,27,34)(H,30,31)(H,32,33). The van der Waals surface area contributed by atoms with Crippen LogP contribution in [0.25, 0.3) is 0 Å². The highest BCUT2D eigenvalue weighted by molar-refractivity contribution is 5.97. The Morgan fingerprint density at radius 3 is 1.89 bits per heavy atom. The molecule has 35 heavy (non-hydrogen) atoms. The molecule has 9 nitrogen and oxygen atoms in total. The van der Waals surface area contributed by atoms with Crippen LogP contribution in [-0.4, -0.2) is 75.9 Å². The monoisotopic (exact) mass is 493 g/mol. The highest BCUT2D eigenvalue weighted by atomic mass is 16.6. The van der Waals surface area contributed by atoms with Crippen molar-refractivity contribution in [2.45, 2.75) is 85.0 Å². The van der Waals surface area contributed by atoms with Gasteiger partial charge in [0.2, 0.25) is 6.04 Å². The van der Waals surface area contributed by atoms with E-state index in [0.717, 1.165) is 50.0 Å². The van der Waals surface area contributed by atoms with Gasteiger partial charge in [0.1, 0.15) is 5.60 Å². The Morgan fingerprint density at radius 2 is 1.40 bits per heavy atom. The van der Waals surface area contributed by atoms with Gasteiger partial charge in [0.25, 0.3) is 0 Å². The van der Waals surface area contributed by atoms with Crippen LogP contribution in [0, 0.1) is 0 Å². The van der Waals surface area contributed by atoms with Gasteiger partial charge in [-0.2, -0.15) is 0 Å². The average molecular weight is 494 g/mol. The van der Waals surface area contributed by atoms with E-state index in [4.69, 9.17) is 4.74 Å². The number of rotatable bonds is 16. The third-order valence-electron chi connectivity index (χ3n) is 5.33. The maximum absolute atomic E-state index is 11.8. The quantitative estimate of drug-likeness (QED) is 0.234. The highest BCUT2D eigenvalue weighted by Crippen LogP contribution is 2.14. The van der Waals surface area contributed by atoms with Crippen molar-refractivity contribution in [1.29, 1.82) is 0 Å². The third-order valence-corrected chi connectivity index (χ3v) is 5.33. The fourth-order valence-electron chi connectivity index (χ4n) is 3.82. The number of benzene rings is 1. The second kappa shape index (κ2) is 15.4. The maximum Gasteiger partial charge on any atom is 0.407 e. The second-order valence-electron chi connectivity index (χ2n) is 9.77. The molecule has 1 aromatic carbocycles. The summed E-state index contributed by atoms with van der Waals surface area (Å²) in [6.07, 6.45) is 3.23. The van der Waals surface area contributed by atoms with E-state index in [1.807, 2.05) is 24.3 Å². The van der Waals surface area contributed by atoms with Crippen molar-refractivity contribution in [2.24, 2.45) is 0 Å². The average Bonchev–Trinajstić information content (AvgIpc) is 2.74. The van der Waals surface area contributed by atoms with Crippen molar-refractivity contribution >= 4 is 18.0 Å². The van der Waals surface area contributed by atoms with E-state index in [9.17, 15) is 24.6 Å². The van der Waals surface area contributed by atoms with Gasteiger partial charge in [-0.3, -0.25) is 4.90 Å². The molecule has 9 heteroatoms. The van der Waals surface area contributed by atoms with Gasteiger partial charge in [-0.05, 0) is 83.8 Å². The van der Waals surface area contributed by atoms with E-state index in [-0.39, 0.29) is 13.1 Å². The first-order chi connectivity index (χ1) is 16.5. The molecule has 1 amide bonds. The Kier molecular flexibility index (Phi) is 13.3. The molecule has 0 unspecified atom stereocenters. The first kappa shape index (κ1) is 30.4. The van der Waals surface area contributed by atoms with E-state index < -0.39 is 29.7 Å². The number of carboxylic acid groups (broad SMARTS) is 2. The van der Waals surface area contributed by atoms with Crippen LogP contribution in [0.4, 0.5) is 4.79 Å². The molecule has 1 rings (SSSR count). The van der Waals surface area contributed by atoms with Gasteiger partial charge >= 0.3 is 18.0 Å². The normalized spacial score (nSPS) is 11.8. The fraction of sp³-hybridized carbons (Fsp3) is 0.654. The maximum atomic E-state index is 11.8. The molecule has 0 heterocycles. The van der Waals surface area contributed by atoms with Crippen molar-refractivity contribution in [1.82, 2.24) is 15.1 Å². The molecule has 198 valence electrons. The highest BCUT2D eigenvalue weighted by Gasteiger charge is 2.32. The lowest BCUT2D eigenvalue weighted by Gasteiger charge is -2.27. The van der Waals surface area contributed by atoms with Crippen molar-refractivity contribution in [3.8, 4) is 0 Å². The third kappa shape index (κ3) is 12.6. The van der Waals surface area contributed by atoms with Gasteiger partial charge in [-0.1, -0.05) is 38.1 Å². The van der Waals surface area contributed by atoms with Crippen molar-refractivity contribution < 1.29 is 29.3 Å². The summed E-state index contributed by atoms with van der Waals surface area (Å²) >= 11 is 0. The minimum Gasteiger partial charge on any atom is -0.480 e. The molecule has 0 aliphatic rings. The molecule has 3 N–H and O–H groups in total. The van der Waals surface area contributed by atoms with E-state index in [2.05, 4.69) is 24.1 Å². The van der Waals surface area contributed by atoms with Gasteiger partial charge in [0, 0.05) is 13.1 Å². The molecule has 0 spiro atoms. The Balaban J connectivity index is 2.76. The first-order valence-corrected chi connectivity index (χ1v) is 12.4. The largest absolute Gasteiger partial charge is 0.480 e. The first-order valence-electron chi connectivity index (χ1n) is 12.4. The van der Waals surface area contributed by atoms with Crippen LogP contribution in [-0.2, 0) is 27.4 Å². The minimum atomic E-state index is -1.61. The number of carbonyl (C=O) groups is 3. The van der Waals surface area contributed by atoms with E-state index in [0.29, 0.717) is 13.0 Å². The summed E-state index contributed by atoms with van der Waals surface area (Å²) in [6, 6.07) is 5.70. The van der Waals surface area contributed by atoms with E-state index in [1.54, 1.807) is 20.8 Å². The summed E-state index contributed by atoms with van der Waals surface area (Å²) < 4.78 is 5.22. The number of nitrogens with zero attached hydrogens (tertiary/aromatic N) is 2. The van der Waals surface area contributed by atoms with Crippen LogP contribution in [0.5, 0.6) is 0 Å². The minimum absolute atomic E-state index is 0.205. The predicted molar refractivity (Wildman–Crippen MR) is 135 cm³/mol. The number of amides is 1. The number of hydrogen-bond acceptors (Lipinski definition) is 6. The Morgan fingerprint density at radius 1 is 0.886 bits per heavy atom. The van der Waals surface area contributed by atoms with Crippen LogP contribution in [0.3, 0.4) is 0 Å². The van der Waals surface area contributed by atoms with Crippen LogP contribution in [0.15, 0.2) is 24.3 Å². The number of carbonyl (C=O) groups excluding carboxylic acids is 1. The number of aliphatic carboxylic acids is 2. The van der Waals surface area contributed by atoms with E-state index >= 15 is 0 Å². The number of hydrogen-bond donors (Lipinski definition) is 3. The molecule has 1 aromatic rings. The van der Waals surface area contributed by atoms with Gasteiger partial charge in [-0.15, -0.1) is 0 Å². The number of carboxylic acids is 2. The summed E-state index contributed by atoms with van der Waals surface area (Å²) in [4.78, 5) is 39.1. The lowest BCUT2D eigenvalue weighted by molar-refractivity contribution is -0.157. The molecule has 0 aliphatic carbocycles. The molecule has 0 fully saturated rings. The molecular formula is C26H43N3O6. The Labute approximate surface area is 209 Å². The van der Waals surface area contributed by atoms with Gasteiger partial charge in [0.05, 0.1) is 0 Å². The smallest absolute Gasteiger partial charge is 0.407 e. The van der Waals surface area contributed by atoms with Crippen molar-refractivity contribution in [3.05, 3.63) is 35.4 Å². The molecule has 0 aromatic heterocycles. The molecule has 0 radical (unpaired) electrons.